The smallest absolute Gasteiger partial charge is 0.340 e. The summed E-state index contributed by atoms with van der Waals surface area (Å²) in [6, 6.07) is 11.2. The highest BCUT2D eigenvalue weighted by molar-refractivity contribution is 6.17. The number of hydrogen-bond donors (Lipinski definition) is 1. The molecule has 0 fully saturated rings. The van der Waals surface area contributed by atoms with Gasteiger partial charge in [-0.2, -0.15) is 0 Å². The Morgan fingerprint density at radius 1 is 0.828 bits per heavy atom. The van der Waals surface area contributed by atoms with Gasteiger partial charge in [-0.1, -0.05) is 24.3 Å². The fourth-order valence-electron chi connectivity index (χ4n) is 3.05. The van der Waals surface area contributed by atoms with Crippen LogP contribution in [0, 0.1) is 0 Å². The van der Waals surface area contributed by atoms with Crippen LogP contribution in [0.3, 0.4) is 0 Å². The van der Waals surface area contributed by atoms with E-state index in [1.807, 2.05) is 0 Å². The third-order valence-electron chi connectivity index (χ3n) is 4.41. The van der Waals surface area contributed by atoms with Crippen LogP contribution in [0.5, 0.6) is 0 Å². The van der Waals surface area contributed by atoms with E-state index in [4.69, 9.17) is 9.47 Å². The van der Waals surface area contributed by atoms with Gasteiger partial charge < -0.3 is 14.8 Å². The van der Waals surface area contributed by atoms with Gasteiger partial charge in [0.2, 0.25) is 5.91 Å². The molecule has 148 valence electrons. The van der Waals surface area contributed by atoms with Gasteiger partial charge in [0.25, 0.3) is 5.91 Å². The number of hydrogen-bond acceptors (Lipinski definition) is 6. The first-order chi connectivity index (χ1) is 13.9. The number of carbonyl (C=O) groups excluding carboxylic acids is 4. The van der Waals surface area contributed by atoms with Crippen molar-refractivity contribution in [2.45, 2.75) is 6.92 Å². The summed E-state index contributed by atoms with van der Waals surface area (Å²) in [5.74, 6) is -2.30. The maximum atomic E-state index is 13.1. The zero-order valence-electron chi connectivity index (χ0n) is 16.0. The zero-order valence-corrected chi connectivity index (χ0v) is 16.0. The molecule has 0 unspecified atom stereocenters. The number of methoxy groups -OCH3 is 2. The molecule has 29 heavy (non-hydrogen) atoms. The number of fused-ring (bicyclic) bond motifs is 1. The molecule has 0 saturated heterocycles. The van der Waals surface area contributed by atoms with Crippen LogP contribution in [-0.4, -0.2) is 42.5 Å². The minimum Gasteiger partial charge on any atom is -0.465 e. The number of ether oxygens (including phenoxy) is 2. The van der Waals surface area contributed by atoms with Crippen molar-refractivity contribution in [2.75, 3.05) is 19.5 Å². The van der Waals surface area contributed by atoms with Crippen molar-refractivity contribution < 1.29 is 28.7 Å². The van der Waals surface area contributed by atoms with Gasteiger partial charge in [0.05, 0.1) is 42.1 Å². The summed E-state index contributed by atoms with van der Waals surface area (Å²) in [7, 11) is 2.39. The molecule has 2 aromatic carbocycles. The number of amides is 1. The SMILES string of the molecule is COC(=O)c1cccc(C(=O)OC)c1NC(=O)c1cn(C(C)=O)c2ccccc12. The fourth-order valence-corrected chi connectivity index (χ4v) is 3.05. The molecule has 8 heteroatoms. The van der Waals surface area contributed by atoms with Gasteiger partial charge in [0.15, 0.2) is 0 Å². The number of carbonyl (C=O) groups is 4. The molecular formula is C21H18N2O6. The molecule has 0 aliphatic carbocycles. The first-order valence-corrected chi connectivity index (χ1v) is 8.61. The number of nitrogens with zero attached hydrogens (tertiary/aromatic N) is 1. The predicted molar refractivity (Wildman–Crippen MR) is 105 cm³/mol. The second-order valence-corrected chi connectivity index (χ2v) is 6.11. The Kier molecular flexibility index (Phi) is 5.45. The lowest BCUT2D eigenvalue weighted by atomic mass is 10.1. The molecule has 1 N–H and O–H groups in total. The van der Waals surface area contributed by atoms with Crippen LogP contribution >= 0.6 is 0 Å². The third kappa shape index (κ3) is 3.60. The van der Waals surface area contributed by atoms with Crippen LogP contribution in [0.4, 0.5) is 5.69 Å². The molecule has 0 atom stereocenters. The summed E-state index contributed by atoms with van der Waals surface area (Å²) in [6.07, 6.45) is 1.42. The molecule has 3 rings (SSSR count). The molecule has 0 aliphatic rings. The summed E-state index contributed by atoms with van der Waals surface area (Å²) in [5.41, 5.74) is 0.750. The molecular weight excluding hydrogens is 376 g/mol. The third-order valence-corrected chi connectivity index (χ3v) is 4.41. The number of benzene rings is 2. The maximum absolute atomic E-state index is 13.1. The number of rotatable bonds is 4. The average molecular weight is 394 g/mol. The molecule has 1 heterocycles. The largest absolute Gasteiger partial charge is 0.465 e. The minimum atomic E-state index is -0.725. The standard InChI is InChI=1S/C21H18N2O6/c1-12(24)23-11-16(13-7-4-5-10-17(13)23)19(25)22-18-14(20(26)28-2)8-6-9-15(18)21(27)29-3/h4-11H,1-3H3,(H,22,25). The Balaban J connectivity index is 2.12. The molecule has 0 saturated carbocycles. The lowest BCUT2D eigenvalue weighted by Crippen LogP contribution is -2.19. The number of aromatic nitrogens is 1. The predicted octanol–water partition coefficient (Wildman–Crippen LogP) is 3.13. The van der Waals surface area contributed by atoms with Gasteiger partial charge in [-0.3, -0.25) is 14.2 Å². The van der Waals surface area contributed by atoms with E-state index in [1.54, 1.807) is 24.3 Å². The Morgan fingerprint density at radius 2 is 1.41 bits per heavy atom. The number of nitrogens with one attached hydrogen (secondary N) is 1. The monoisotopic (exact) mass is 394 g/mol. The van der Waals surface area contributed by atoms with Crippen molar-refractivity contribution in [1.29, 1.82) is 0 Å². The van der Waals surface area contributed by atoms with Gasteiger partial charge in [0.1, 0.15) is 0 Å². The molecule has 1 amide bonds. The highest BCUT2D eigenvalue weighted by Crippen LogP contribution is 2.26. The molecule has 0 aliphatic heterocycles. The van der Waals surface area contributed by atoms with E-state index < -0.39 is 17.8 Å². The highest BCUT2D eigenvalue weighted by Gasteiger charge is 2.24. The summed E-state index contributed by atoms with van der Waals surface area (Å²) in [6.45, 7) is 1.38. The van der Waals surface area contributed by atoms with Crippen molar-refractivity contribution >= 4 is 40.3 Å². The van der Waals surface area contributed by atoms with E-state index in [-0.39, 0.29) is 28.3 Å². The first kappa shape index (κ1) is 19.8. The number of esters is 2. The van der Waals surface area contributed by atoms with Gasteiger partial charge in [-0.15, -0.1) is 0 Å². The number of anilines is 1. The molecule has 8 nitrogen and oxygen atoms in total. The molecule has 0 bridgehead atoms. The van der Waals surface area contributed by atoms with E-state index >= 15 is 0 Å². The summed E-state index contributed by atoms with van der Waals surface area (Å²) in [5, 5.41) is 3.16. The topological polar surface area (TPSA) is 104 Å². The van der Waals surface area contributed by atoms with Crippen LogP contribution in [0.15, 0.2) is 48.7 Å². The first-order valence-electron chi connectivity index (χ1n) is 8.61. The van der Waals surface area contributed by atoms with Crippen LogP contribution in [0.2, 0.25) is 0 Å². The molecule has 0 spiro atoms. The normalized spacial score (nSPS) is 10.4. The van der Waals surface area contributed by atoms with Gasteiger partial charge in [-0.05, 0) is 18.2 Å². The van der Waals surface area contributed by atoms with Gasteiger partial charge >= 0.3 is 11.9 Å². The van der Waals surface area contributed by atoms with Crippen LogP contribution < -0.4 is 5.32 Å². The Bertz CT molecular complexity index is 1110. The van der Waals surface area contributed by atoms with E-state index in [0.29, 0.717) is 10.9 Å². The summed E-state index contributed by atoms with van der Waals surface area (Å²) in [4.78, 5) is 49.3. The lowest BCUT2D eigenvalue weighted by Gasteiger charge is -2.13. The van der Waals surface area contributed by atoms with Crippen molar-refractivity contribution in [3.63, 3.8) is 0 Å². The maximum Gasteiger partial charge on any atom is 0.340 e. The van der Waals surface area contributed by atoms with Crippen LogP contribution in [0.1, 0.15) is 42.8 Å². The van der Waals surface area contributed by atoms with Gasteiger partial charge in [0, 0.05) is 18.5 Å². The molecule has 1 aromatic heterocycles. The summed E-state index contributed by atoms with van der Waals surface area (Å²) < 4.78 is 10.9. The van der Waals surface area contributed by atoms with Crippen molar-refractivity contribution in [3.8, 4) is 0 Å². The van der Waals surface area contributed by atoms with Crippen molar-refractivity contribution in [3.05, 3.63) is 65.4 Å². The van der Waals surface area contributed by atoms with E-state index in [9.17, 15) is 19.2 Å². The Hall–Kier alpha value is -3.94. The fraction of sp³-hybridized carbons (Fsp3) is 0.143. The second-order valence-electron chi connectivity index (χ2n) is 6.11. The number of para-hydroxylation sites is 2. The lowest BCUT2D eigenvalue weighted by molar-refractivity contribution is 0.0601. The highest BCUT2D eigenvalue weighted by atomic mass is 16.5. The van der Waals surface area contributed by atoms with Crippen LogP contribution in [-0.2, 0) is 9.47 Å². The molecule has 0 radical (unpaired) electrons. The van der Waals surface area contributed by atoms with Crippen molar-refractivity contribution in [1.82, 2.24) is 4.57 Å². The average Bonchev–Trinajstić information content (AvgIpc) is 3.13. The zero-order chi connectivity index (χ0) is 21.1. The Morgan fingerprint density at radius 3 is 1.97 bits per heavy atom. The quantitative estimate of drug-likeness (QED) is 0.682. The van der Waals surface area contributed by atoms with E-state index in [2.05, 4.69) is 5.32 Å². The second kappa shape index (κ2) is 7.97. The van der Waals surface area contributed by atoms with E-state index in [1.165, 1.54) is 50.1 Å². The minimum absolute atomic E-state index is 0.000874. The van der Waals surface area contributed by atoms with Gasteiger partial charge in [-0.25, -0.2) is 9.59 Å². The van der Waals surface area contributed by atoms with Crippen molar-refractivity contribution in [2.24, 2.45) is 0 Å². The van der Waals surface area contributed by atoms with E-state index in [0.717, 1.165) is 0 Å². The summed E-state index contributed by atoms with van der Waals surface area (Å²) >= 11 is 0. The Labute approximate surface area is 166 Å². The molecule has 3 aromatic rings. The van der Waals surface area contributed by atoms with Crippen LogP contribution in [0.25, 0.3) is 10.9 Å².